The third-order valence-corrected chi connectivity index (χ3v) is 4.10. The van der Waals surface area contributed by atoms with Gasteiger partial charge in [-0.3, -0.25) is 4.79 Å². The SMILES string of the molecule is CC(=O)OC(c1ccc(Br)cc1)C1CCCCC1. The molecule has 0 aromatic heterocycles. The van der Waals surface area contributed by atoms with Crippen LogP contribution < -0.4 is 0 Å². The van der Waals surface area contributed by atoms with Gasteiger partial charge in [-0.25, -0.2) is 0 Å². The van der Waals surface area contributed by atoms with Gasteiger partial charge < -0.3 is 4.74 Å². The van der Waals surface area contributed by atoms with Crippen LogP contribution >= 0.6 is 15.9 Å². The number of ether oxygens (including phenoxy) is 1. The molecule has 1 aromatic rings. The monoisotopic (exact) mass is 310 g/mol. The molecule has 0 radical (unpaired) electrons. The molecule has 0 bridgehead atoms. The minimum atomic E-state index is -0.187. The third kappa shape index (κ3) is 3.58. The quantitative estimate of drug-likeness (QED) is 0.761. The first-order valence-corrected chi connectivity index (χ1v) is 7.39. The van der Waals surface area contributed by atoms with E-state index < -0.39 is 0 Å². The fourth-order valence-electron chi connectivity index (χ4n) is 2.70. The Kier molecular flexibility index (Phi) is 4.81. The number of carbonyl (C=O) groups excluding carboxylic acids is 1. The maximum Gasteiger partial charge on any atom is 0.303 e. The van der Waals surface area contributed by atoms with Crippen molar-refractivity contribution in [2.24, 2.45) is 5.92 Å². The lowest BCUT2D eigenvalue weighted by molar-refractivity contribution is -0.150. The molecule has 0 amide bonds. The Bertz CT molecular complexity index is 393. The number of carbonyl (C=O) groups is 1. The Morgan fingerprint density at radius 3 is 2.39 bits per heavy atom. The lowest BCUT2D eigenvalue weighted by atomic mass is 9.82. The van der Waals surface area contributed by atoms with Crippen molar-refractivity contribution in [1.29, 1.82) is 0 Å². The highest BCUT2D eigenvalue weighted by Crippen LogP contribution is 2.37. The van der Waals surface area contributed by atoms with Crippen LogP contribution in [0.1, 0.15) is 50.7 Å². The van der Waals surface area contributed by atoms with E-state index in [0.29, 0.717) is 5.92 Å². The van der Waals surface area contributed by atoms with E-state index in [1.165, 1.54) is 26.2 Å². The van der Waals surface area contributed by atoms with E-state index in [0.717, 1.165) is 22.9 Å². The highest BCUT2D eigenvalue weighted by Gasteiger charge is 2.27. The second kappa shape index (κ2) is 6.37. The predicted octanol–water partition coefficient (Wildman–Crippen LogP) is 4.63. The van der Waals surface area contributed by atoms with Crippen LogP contribution in [-0.4, -0.2) is 5.97 Å². The lowest BCUT2D eigenvalue weighted by Gasteiger charge is -2.30. The summed E-state index contributed by atoms with van der Waals surface area (Å²) in [6, 6.07) is 8.11. The summed E-state index contributed by atoms with van der Waals surface area (Å²) >= 11 is 3.43. The molecule has 1 aromatic carbocycles. The van der Waals surface area contributed by atoms with E-state index in [9.17, 15) is 4.79 Å². The summed E-state index contributed by atoms with van der Waals surface area (Å²) < 4.78 is 6.61. The van der Waals surface area contributed by atoms with Gasteiger partial charge in [-0.05, 0) is 30.5 Å². The van der Waals surface area contributed by atoms with Crippen LogP contribution in [0.3, 0.4) is 0 Å². The molecular weight excluding hydrogens is 292 g/mol. The van der Waals surface area contributed by atoms with Crippen molar-refractivity contribution in [2.75, 3.05) is 0 Å². The first-order chi connectivity index (χ1) is 8.66. The summed E-state index contributed by atoms with van der Waals surface area (Å²) in [4.78, 5) is 11.3. The normalized spacial score (nSPS) is 18.3. The molecule has 0 heterocycles. The van der Waals surface area contributed by atoms with Gasteiger partial charge in [0.25, 0.3) is 0 Å². The zero-order chi connectivity index (χ0) is 13.0. The summed E-state index contributed by atoms with van der Waals surface area (Å²) in [5.74, 6) is 0.289. The van der Waals surface area contributed by atoms with Crippen LogP contribution in [0.15, 0.2) is 28.7 Å². The molecule has 3 heteroatoms. The first kappa shape index (κ1) is 13.6. The van der Waals surface area contributed by atoms with E-state index in [2.05, 4.69) is 15.9 Å². The third-order valence-electron chi connectivity index (χ3n) is 3.57. The average Bonchev–Trinajstić information content (AvgIpc) is 2.38. The van der Waals surface area contributed by atoms with Gasteiger partial charge in [-0.15, -0.1) is 0 Å². The predicted molar refractivity (Wildman–Crippen MR) is 75.2 cm³/mol. The number of hydrogen-bond acceptors (Lipinski definition) is 2. The van der Waals surface area contributed by atoms with Crippen molar-refractivity contribution in [1.82, 2.24) is 0 Å². The van der Waals surface area contributed by atoms with Gasteiger partial charge in [0.05, 0.1) is 0 Å². The van der Waals surface area contributed by atoms with Gasteiger partial charge in [0.15, 0.2) is 0 Å². The van der Waals surface area contributed by atoms with Crippen molar-refractivity contribution in [3.63, 3.8) is 0 Å². The zero-order valence-corrected chi connectivity index (χ0v) is 12.3. The largest absolute Gasteiger partial charge is 0.457 e. The van der Waals surface area contributed by atoms with Crippen LogP contribution in [-0.2, 0) is 9.53 Å². The molecule has 1 aliphatic rings. The maximum absolute atomic E-state index is 11.3. The molecule has 1 atom stereocenters. The van der Waals surface area contributed by atoms with E-state index in [4.69, 9.17) is 4.74 Å². The molecule has 1 fully saturated rings. The van der Waals surface area contributed by atoms with Crippen molar-refractivity contribution < 1.29 is 9.53 Å². The van der Waals surface area contributed by atoms with Gasteiger partial charge in [-0.1, -0.05) is 47.3 Å². The van der Waals surface area contributed by atoms with Gasteiger partial charge in [-0.2, -0.15) is 0 Å². The van der Waals surface area contributed by atoms with Crippen molar-refractivity contribution in [2.45, 2.75) is 45.1 Å². The number of benzene rings is 1. The average molecular weight is 311 g/mol. The number of rotatable bonds is 3. The smallest absolute Gasteiger partial charge is 0.303 e. The lowest BCUT2D eigenvalue weighted by Crippen LogP contribution is -2.21. The van der Waals surface area contributed by atoms with E-state index in [1.54, 1.807) is 0 Å². The van der Waals surface area contributed by atoms with Gasteiger partial charge in [0.1, 0.15) is 6.10 Å². The standard InChI is InChI=1S/C15H19BrO2/c1-11(17)18-15(12-5-3-2-4-6-12)13-7-9-14(16)10-8-13/h7-10,12,15H,2-6H2,1H3. The Balaban J connectivity index is 2.17. The Morgan fingerprint density at radius 2 is 1.83 bits per heavy atom. The second-order valence-electron chi connectivity index (χ2n) is 4.98. The van der Waals surface area contributed by atoms with Crippen molar-refractivity contribution in [3.8, 4) is 0 Å². The number of halogens is 1. The molecule has 2 nitrogen and oxygen atoms in total. The molecule has 0 aliphatic heterocycles. The molecule has 18 heavy (non-hydrogen) atoms. The summed E-state index contributed by atoms with van der Waals surface area (Å²) in [5.41, 5.74) is 1.11. The maximum atomic E-state index is 11.3. The molecule has 1 saturated carbocycles. The summed E-state index contributed by atoms with van der Waals surface area (Å²) in [6.07, 6.45) is 6.06. The van der Waals surface area contributed by atoms with Crippen molar-refractivity contribution in [3.05, 3.63) is 34.3 Å². The number of hydrogen-bond donors (Lipinski definition) is 0. The topological polar surface area (TPSA) is 26.3 Å². The molecule has 1 unspecified atom stereocenters. The number of esters is 1. The van der Waals surface area contributed by atoms with Gasteiger partial charge in [0, 0.05) is 17.3 Å². The van der Waals surface area contributed by atoms with E-state index in [1.807, 2.05) is 24.3 Å². The molecule has 1 aliphatic carbocycles. The van der Waals surface area contributed by atoms with Gasteiger partial charge in [0.2, 0.25) is 0 Å². The Hall–Kier alpha value is -0.830. The molecule has 0 spiro atoms. The zero-order valence-electron chi connectivity index (χ0n) is 10.7. The Morgan fingerprint density at radius 1 is 1.22 bits per heavy atom. The summed E-state index contributed by atoms with van der Waals surface area (Å²) in [7, 11) is 0. The molecule has 0 N–H and O–H groups in total. The first-order valence-electron chi connectivity index (χ1n) is 6.59. The molecule has 98 valence electrons. The minimum Gasteiger partial charge on any atom is -0.457 e. The molecule has 2 rings (SSSR count). The molecular formula is C15H19BrO2. The van der Waals surface area contributed by atoms with Crippen molar-refractivity contribution >= 4 is 21.9 Å². The van der Waals surface area contributed by atoms with Crippen LogP contribution in [0.2, 0.25) is 0 Å². The Labute approximate surface area is 117 Å². The molecule has 0 saturated heterocycles. The van der Waals surface area contributed by atoms with Gasteiger partial charge >= 0.3 is 5.97 Å². The highest BCUT2D eigenvalue weighted by atomic mass is 79.9. The van der Waals surface area contributed by atoms with E-state index >= 15 is 0 Å². The summed E-state index contributed by atoms with van der Waals surface area (Å²) in [6.45, 7) is 1.49. The van der Waals surface area contributed by atoms with Crippen LogP contribution in [0, 0.1) is 5.92 Å². The fraction of sp³-hybridized carbons (Fsp3) is 0.533. The fourth-order valence-corrected chi connectivity index (χ4v) is 2.97. The summed E-state index contributed by atoms with van der Waals surface area (Å²) in [5, 5.41) is 0. The highest BCUT2D eigenvalue weighted by molar-refractivity contribution is 9.10. The minimum absolute atomic E-state index is 0.0732. The van der Waals surface area contributed by atoms with E-state index in [-0.39, 0.29) is 12.1 Å². The van der Waals surface area contributed by atoms with Crippen LogP contribution in [0.4, 0.5) is 0 Å². The van der Waals surface area contributed by atoms with Crippen LogP contribution in [0.5, 0.6) is 0 Å². The van der Waals surface area contributed by atoms with Crippen LogP contribution in [0.25, 0.3) is 0 Å². The second-order valence-corrected chi connectivity index (χ2v) is 5.90.